The monoisotopic (exact) mass is 391 g/mol. The molecule has 1 aromatic heterocycles. The molecule has 9 heteroatoms. The van der Waals surface area contributed by atoms with Crippen molar-refractivity contribution in [3.05, 3.63) is 59.8 Å². The third-order valence-electron chi connectivity index (χ3n) is 3.67. The van der Waals surface area contributed by atoms with Crippen LogP contribution in [0.5, 0.6) is 5.75 Å². The predicted molar refractivity (Wildman–Crippen MR) is 90.6 cm³/mol. The van der Waals surface area contributed by atoms with Crippen molar-refractivity contribution in [3.63, 3.8) is 0 Å². The van der Waals surface area contributed by atoms with Crippen molar-refractivity contribution in [1.29, 1.82) is 0 Å². The molecule has 0 spiro atoms. The lowest BCUT2D eigenvalue weighted by molar-refractivity contribution is -0.137. The summed E-state index contributed by atoms with van der Waals surface area (Å²) in [4.78, 5) is 26.3. The Labute approximate surface area is 156 Å². The van der Waals surface area contributed by atoms with Gasteiger partial charge in [-0.05, 0) is 48.5 Å². The standard InChI is InChI=1S/C19H12F3NO5/c1-10(24)27-14-8-4-11(5-9-14)16-15(18(25)26)23-17(28-16)12-2-6-13(7-3-12)19(20,21)22/h2-9H,1H3,(H,25,26). The maximum Gasteiger partial charge on any atom is 0.416 e. The number of aromatic carboxylic acids is 1. The number of carbonyl (C=O) groups is 2. The lowest BCUT2D eigenvalue weighted by Crippen LogP contribution is -2.04. The number of alkyl halides is 3. The van der Waals surface area contributed by atoms with Crippen molar-refractivity contribution in [3.8, 4) is 28.5 Å². The van der Waals surface area contributed by atoms with Gasteiger partial charge >= 0.3 is 18.1 Å². The molecule has 3 aromatic rings. The third-order valence-corrected chi connectivity index (χ3v) is 3.67. The summed E-state index contributed by atoms with van der Waals surface area (Å²) in [5.41, 5.74) is -0.699. The SMILES string of the molecule is CC(=O)Oc1ccc(-c2oc(-c3ccc(C(F)(F)F)cc3)nc2C(=O)O)cc1. The van der Waals surface area contributed by atoms with E-state index < -0.39 is 29.4 Å². The number of esters is 1. The van der Waals surface area contributed by atoms with Crippen LogP contribution in [0.4, 0.5) is 13.2 Å². The maximum absolute atomic E-state index is 12.7. The molecule has 0 unspecified atom stereocenters. The molecule has 0 atom stereocenters. The molecule has 0 radical (unpaired) electrons. The number of hydrogen-bond donors (Lipinski definition) is 1. The highest BCUT2D eigenvalue weighted by atomic mass is 19.4. The maximum atomic E-state index is 12.7. The number of carbonyl (C=O) groups excluding carboxylic acids is 1. The molecule has 0 aliphatic carbocycles. The normalized spacial score (nSPS) is 11.3. The third kappa shape index (κ3) is 4.03. The summed E-state index contributed by atoms with van der Waals surface area (Å²) in [6, 6.07) is 9.84. The van der Waals surface area contributed by atoms with E-state index in [1.165, 1.54) is 31.2 Å². The Bertz CT molecular complexity index is 1020. The number of oxazole rings is 1. The molecule has 0 saturated heterocycles. The molecule has 0 fully saturated rings. The van der Waals surface area contributed by atoms with Crippen molar-refractivity contribution in [2.75, 3.05) is 0 Å². The lowest BCUT2D eigenvalue weighted by Gasteiger charge is -2.06. The summed E-state index contributed by atoms with van der Waals surface area (Å²) in [6.45, 7) is 1.24. The van der Waals surface area contributed by atoms with Gasteiger partial charge in [0.25, 0.3) is 0 Å². The number of ether oxygens (including phenoxy) is 1. The minimum absolute atomic E-state index is 0.0724. The van der Waals surface area contributed by atoms with E-state index in [0.717, 1.165) is 24.3 Å². The predicted octanol–water partition coefficient (Wildman–Crippen LogP) is 4.65. The van der Waals surface area contributed by atoms with E-state index in [2.05, 4.69) is 4.98 Å². The summed E-state index contributed by atoms with van der Waals surface area (Å²) in [7, 11) is 0. The van der Waals surface area contributed by atoms with Crippen LogP contribution in [0.2, 0.25) is 0 Å². The molecule has 0 aliphatic heterocycles. The van der Waals surface area contributed by atoms with Gasteiger partial charge in [-0.25, -0.2) is 9.78 Å². The number of halogens is 3. The summed E-state index contributed by atoms with van der Waals surface area (Å²) in [6.07, 6.45) is -4.49. The van der Waals surface area contributed by atoms with Gasteiger partial charge in [0.2, 0.25) is 5.89 Å². The molecular weight excluding hydrogens is 379 g/mol. The topological polar surface area (TPSA) is 89.6 Å². The molecule has 1 N–H and O–H groups in total. The largest absolute Gasteiger partial charge is 0.476 e. The fraction of sp³-hybridized carbons (Fsp3) is 0.105. The van der Waals surface area contributed by atoms with Gasteiger partial charge in [0.1, 0.15) is 5.75 Å². The zero-order chi connectivity index (χ0) is 20.5. The van der Waals surface area contributed by atoms with Gasteiger partial charge in [-0.2, -0.15) is 13.2 Å². The van der Waals surface area contributed by atoms with Gasteiger partial charge in [0, 0.05) is 18.1 Å². The first-order chi connectivity index (χ1) is 13.1. The van der Waals surface area contributed by atoms with Gasteiger partial charge in [0.05, 0.1) is 5.56 Å². The molecule has 0 saturated carbocycles. The van der Waals surface area contributed by atoms with Crippen LogP contribution < -0.4 is 4.74 Å². The zero-order valence-corrected chi connectivity index (χ0v) is 14.3. The van der Waals surface area contributed by atoms with Crippen LogP contribution in [0.1, 0.15) is 23.0 Å². The van der Waals surface area contributed by atoms with E-state index in [0.29, 0.717) is 5.56 Å². The van der Waals surface area contributed by atoms with Crippen molar-refractivity contribution in [2.45, 2.75) is 13.1 Å². The Morgan fingerprint density at radius 3 is 2.07 bits per heavy atom. The highest BCUT2D eigenvalue weighted by Gasteiger charge is 2.30. The zero-order valence-electron chi connectivity index (χ0n) is 14.3. The van der Waals surface area contributed by atoms with Crippen molar-refractivity contribution < 1.29 is 37.0 Å². The van der Waals surface area contributed by atoms with Gasteiger partial charge < -0.3 is 14.3 Å². The van der Waals surface area contributed by atoms with Crippen LogP contribution in [0.15, 0.2) is 52.9 Å². The Balaban J connectivity index is 1.98. The van der Waals surface area contributed by atoms with Gasteiger partial charge in [-0.1, -0.05) is 0 Å². The number of carboxylic acids is 1. The van der Waals surface area contributed by atoms with Gasteiger partial charge in [0.15, 0.2) is 11.5 Å². The van der Waals surface area contributed by atoms with E-state index >= 15 is 0 Å². The molecule has 144 valence electrons. The molecule has 6 nitrogen and oxygen atoms in total. The molecule has 2 aromatic carbocycles. The second kappa shape index (κ2) is 7.18. The van der Waals surface area contributed by atoms with E-state index in [4.69, 9.17) is 9.15 Å². The molecule has 0 aliphatic rings. The van der Waals surface area contributed by atoms with Crippen LogP contribution >= 0.6 is 0 Å². The lowest BCUT2D eigenvalue weighted by atomic mass is 10.1. The van der Waals surface area contributed by atoms with Crippen LogP contribution in [0, 0.1) is 0 Å². The first-order valence-electron chi connectivity index (χ1n) is 7.86. The number of nitrogens with zero attached hydrogens (tertiary/aromatic N) is 1. The minimum atomic E-state index is -4.49. The summed E-state index contributed by atoms with van der Waals surface area (Å²) >= 11 is 0. The van der Waals surface area contributed by atoms with Crippen LogP contribution in [0.3, 0.4) is 0 Å². The molecule has 3 rings (SSSR count). The molecule has 0 bridgehead atoms. The second-order valence-electron chi connectivity index (χ2n) is 5.70. The Morgan fingerprint density at radius 1 is 1.00 bits per heavy atom. The van der Waals surface area contributed by atoms with E-state index in [1.807, 2.05) is 0 Å². The summed E-state index contributed by atoms with van der Waals surface area (Å²) in [5, 5.41) is 9.37. The number of rotatable bonds is 4. The Kier molecular flexibility index (Phi) is 4.91. The first-order valence-corrected chi connectivity index (χ1v) is 7.86. The van der Waals surface area contributed by atoms with Crippen molar-refractivity contribution in [2.24, 2.45) is 0 Å². The molecule has 28 heavy (non-hydrogen) atoms. The average Bonchev–Trinajstić information content (AvgIpc) is 3.07. The number of hydrogen-bond acceptors (Lipinski definition) is 5. The Morgan fingerprint density at radius 2 is 1.57 bits per heavy atom. The fourth-order valence-electron chi connectivity index (χ4n) is 2.43. The smallest absolute Gasteiger partial charge is 0.416 e. The molecular formula is C19H12F3NO5. The van der Waals surface area contributed by atoms with Crippen molar-refractivity contribution >= 4 is 11.9 Å². The minimum Gasteiger partial charge on any atom is -0.476 e. The van der Waals surface area contributed by atoms with Crippen LogP contribution in [-0.2, 0) is 11.0 Å². The molecule has 1 heterocycles. The van der Waals surface area contributed by atoms with Crippen LogP contribution in [0.25, 0.3) is 22.8 Å². The fourth-order valence-corrected chi connectivity index (χ4v) is 2.43. The average molecular weight is 391 g/mol. The van der Waals surface area contributed by atoms with E-state index in [1.54, 1.807) is 0 Å². The van der Waals surface area contributed by atoms with Crippen molar-refractivity contribution in [1.82, 2.24) is 4.98 Å². The second-order valence-corrected chi connectivity index (χ2v) is 5.70. The number of benzene rings is 2. The quantitative estimate of drug-likeness (QED) is 0.514. The summed E-state index contributed by atoms with van der Waals surface area (Å²) in [5.74, 6) is -1.82. The van der Waals surface area contributed by atoms with E-state index in [-0.39, 0.29) is 23.0 Å². The number of carboxylic acid groups (broad SMARTS) is 1. The van der Waals surface area contributed by atoms with Gasteiger partial charge in [-0.3, -0.25) is 4.79 Å². The molecule has 0 amide bonds. The number of aromatic nitrogens is 1. The first kappa shape index (κ1) is 19.2. The van der Waals surface area contributed by atoms with Crippen LogP contribution in [-0.4, -0.2) is 22.0 Å². The van der Waals surface area contributed by atoms with Gasteiger partial charge in [-0.15, -0.1) is 0 Å². The highest BCUT2D eigenvalue weighted by molar-refractivity contribution is 5.93. The highest BCUT2D eigenvalue weighted by Crippen LogP contribution is 2.33. The van der Waals surface area contributed by atoms with E-state index in [9.17, 15) is 27.9 Å². The summed E-state index contributed by atoms with van der Waals surface area (Å²) < 4.78 is 48.5. The Hall–Kier alpha value is -3.62.